The molecule has 2 aliphatic rings. The Morgan fingerprint density at radius 1 is 0.962 bits per heavy atom. The first kappa shape index (κ1) is 21.2. The highest BCUT2D eigenvalue weighted by Crippen LogP contribution is 2.42. The van der Waals surface area contributed by atoms with Crippen molar-refractivity contribution < 1.29 is 4.39 Å². The van der Waals surface area contributed by atoms with Crippen LogP contribution in [0.25, 0.3) is 0 Å². The number of hydrogen-bond acceptors (Lipinski definition) is 1. The first-order chi connectivity index (χ1) is 12.6. The lowest BCUT2D eigenvalue weighted by molar-refractivity contribution is 0.239. The normalized spacial score (nSPS) is 30.0. The molecule has 0 bridgehead atoms. The van der Waals surface area contributed by atoms with Crippen molar-refractivity contribution in [2.45, 2.75) is 96.8 Å². The maximum Gasteiger partial charge on any atom is 0.196 e. The summed E-state index contributed by atoms with van der Waals surface area (Å²) in [4.78, 5) is 0. The Bertz CT molecular complexity index is 485. The summed E-state index contributed by atoms with van der Waals surface area (Å²) < 4.78 is 12.9. The van der Waals surface area contributed by atoms with Gasteiger partial charge in [0, 0.05) is 0 Å². The molecule has 146 valence electrons. The minimum absolute atomic E-state index is 0.627. The monoisotopic (exact) mass is 359 g/mol. The first-order valence-corrected chi connectivity index (χ1v) is 11.1. The SMILES string of the molecule is C=C([C@H]1CC[C@H](CC/C=C(\F)C#N)CC1)[C@H]1CC[C@H](CCCCC)CC1. The van der Waals surface area contributed by atoms with E-state index in [0.717, 1.165) is 24.2 Å². The fraction of sp³-hybridized carbons (Fsp3) is 0.792. The zero-order valence-electron chi connectivity index (χ0n) is 16.8. The van der Waals surface area contributed by atoms with Gasteiger partial charge in [0.2, 0.25) is 0 Å². The minimum atomic E-state index is -0.627. The van der Waals surface area contributed by atoms with E-state index in [1.807, 2.05) is 0 Å². The van der Waals surface area contributed by atoms with Crippen molar-refractivity contribution in [3.05, 3.63) is 24.1 Å². The van der Waals surface area contributed by atoms with Crippen molar-refractivity contribution in [1.82, 2.24) is 0 Å². The summed E-state index contributed by atoms with van der Waals surface area (Å²) in [7, 11) is 0. The largest absolute Gasteiger partial charge is 0.196 e. The Hall–Kier alpha value is -1.10. The predicted octanol–water partition coefficient (Wildman–Crippen LogP) is 7.89. The molecule has 0 aliphatic heterocycles. The van der Waals surface area contributed by atoms with Gasteiger partial charge < -0.3 is 0 Å². The summed E-state index contributed by atoms with van der Waals surface area (Å²) in [5, 5.41) is 8.46. The van der Waals surface area contributed by atoms with E-state index in [0.29, 0.717) is 12.3 Å². The van der Waals surface area contributed by atoms with Crippen molar-refractivity contribution in [2.24, 2.45) is 23.7 Å². The maximum absolute atomic E-state index is 12.9. The molecule has 0 aromatic rings. The van der Waals surface area contributed by atoms with Gasteiger partial charge >= 0.3 is 0 Å². The average molecular weight is 360 g/mol. The number of unbranched alkanes of at least 4 members (excludes halogenated alkanes) is 2. The number of allylic oxidation sites excluding steroid dienone is 3. The molecule has 0 heterocycles. The molecule has 0 atom stereocenters. The molecule has 0 amide bonds. The van der Waals surface area contributed by atoms with Crippen LogP contribution >= 0.6 is 0 Å². The van der Waals surface area contributed by atoms with E-state index in [-0.39, 0.29) is 0 Å². The highest BCUT2D eigenvalue weighted by Gasteiger charge is 2.29. The number of hydrogen-bond donors (Lipinski definition) is 0. The Labute approximate surface area is 160 Å². The van der Waals surface area contributed by atoms with Crippen LogP contribution in [0.4, 0.5) is 4.39 Å². The summed E-state index contributed by atoms with van der Waals surface area (Å²) in [5.74, 6) is 2.54. The summed E-state index contributed by atoms with van der Waals surface area (Å²) in [6, 6.07) is 1.56. The van der Waals surface area contributed by atoms with Crippen LogP contribution in [0.15, 0.2) is 24.1 Å². The van der Waals surface area contributed by atoms with Crippen LogP contribution in [0.5, 0.6) is 0 Å². The molecule has 2 saturated carbocycles. The van der Waals surface area contributed by atoms with Crippen molar-refractivity contribution in [3.63, 3.8) is 0 Å². The van der Waals surface area contributed by atoms with Crippen LogP contribution in [0, 0.1) is 35.0 Å². The van der Waals surface area contributed by atoms with Crippen LogP contribution in [-0.2, 0) is 0 Å². The highest BCUT2D eigenvalue weighted by atomic mass is 19.1. The molecule has 0 radical (unpaired) electrons. The molecule has 0 aromatic heterocycles. The van der Waals surface area contributed by atoms with Crippen LogP contribution < -0.4 is 0 Å². The van der Waals surface area contributed by atoms with Gasteiger partial charge in [0.25, 0.3) is 0 Å². The third kappa shape index (κ3) is 6.90. The van der Waals surface area contributed by atoms with Crippen LogP contribution in [0.3, 0.4) is 0 Å². The van der Waals surface area contributed by atoms with Gasteiger partial charge in [-0.05, 0) is 94.0 Å². The second-order valence-corrected chi connectivity index (χ2v) is 8.75. The molecule has 0 spiro atoms. The van der Waals surface area contributed by atoms with Gasteiger partial charge in [0.1, 0.15) is 6.07 Å². The molecular formula is C24H38FN. The fourth-order valence-electron chi connectivity index (χ4n) is 5.15. The molecule has 26 heavy (non-hydrogen) atoms. The summed E-state index contributed by atoms with van der Waals surface area (Å²) in [5.41, 5.74) is 1.55. The zero-order valence-corrected chi connectivity index (χ0v) is 16.8. The van der Waals surface area contributed by atoms with Gasteiger partial charge in [-0.25, -0.2) is 0 Å². The smallest absolute Gasteiger partial charge is 0.195 e. The van der Waals surface area contributed by atoms with E-state index >= 15 is 0 Å². The second-order valence-electron chi connectivity index (χ2n) is 8.75. The summed E-state index contributed by atoms with van der Waals surface area (Å²) in [6.07, 6.45) is 19.4. The zero-order chi connectivity index (χ0) is 18.8. The number of nitriles is 1. The molecule has 0 N–H and O–H groups in total. The quantitative estimate of drug-likeness (QED) is 0.233. The van der Waals surface area contributed by atoms with Crippen molar-refractivity contribution >= 4 is 0 Å². The maximum atomic E-state index is 12.9. The molecule has 2 rings (SSSR count). The fourth-order valence-corrected chi connectivity index (χ4v) is 5.15. The Balaban J connectivity index is 1.65. The summed E-state index contributed by atoms with van der Waals surface area (Å²) >= 11 is 0. The van der Waals surface area contributed by atoms with Crippen molar-refractivity contribution in [2.75, 3.05) is 0 Å². The van der Waals surface area contributed by atoms with E-state index in [1.54, 1.807) is 11.6 Å². The third-order valence-corrected chi connectivity index (χ3v) is 6.96. The van der Waals surface area contributed by atoms with Crippen LogP contribution in [0.1, 0.15) is 96.8 Å². The highest BCUT2D eigenvalue weighted by molar-refractivity contribution is 5.11. The first-order valence-electron chi connectivity index (χ1n) is 11.1. The molecule has 2 heteroatoms. The molecule has 2 fully saturated rings. The van der Waals surface area contributed by atoms with Gasteiger partial charge in [-0.3, -0.25) is 0 Å². The van der Waals surface area contributed by atoms with Gasteiger partial charge in [-0.1, -0.05) is 44.8 Å². The van der Waals surface area contributed by atoms with E-state index < -0.39 is 5.83 Å². The van der Waals surface area contributed by atoms with Gasteiger partial charge in [0.15, 0.2) is 5.83 Å². The van der Waals surface area contributed by atoms with Crippen molar-refractivity contribution in [1.29, 1.82) is 5.26 Å². The van der Waals surface area contributed by atoms with Gasteiger partial charge in [-0.15, -0.1) is 0 Å². The van der Waals surface area contributed by atoms with Gasteiger partial charge in [-0.2, -0.15) is 9.65 Å². The van der Waals surface area contributed by atoms with Crippen LogP contribution in [0.2, 0.25) is 0 Å². The third-order valence-electron chi connectivity index (χ3n) is 6.96. The number of rotatable bonds is 9. The second kappa shape index (κ2) is 11.6. The predicted molar refractivity (Wildman–Crippen MR) is 108 cm³/mol. The molecular weight excluding hydrogens is 321 g/mol. The lowest BCUT2D eigenvalue weighted by Gasteiger charge is -2.36. The Morgan fingerprint density at radius 2 is 1.50 bits per heavy atom. The molecule has 2 aliphatic carbocycles. The molecule has 0 saturated heterocycles. The summed E-state index contributed by atoms with van der Waals surface area (Å²) in [6.45, 7) is 6.82. The van der Waals surface area contributed by atoms with Crippen LogP contribution in [-0.4, -0.2) is 0 Å². The average Bonchev–Trinajstić information content (AvgIpc) is 2.68. The number of halogens is 1. The topological polar surface area (TPSA) is 23.8 Å². The standard InChI is InChI=1S/C24H38FN/c1-3-4-5-7-20-10-14-22(15-11-20)19(2)23-16-12-21(13-17-23)8-6-9-24(25)18-26/h9,20-23H,2-8,10-17H2,1H3/b24-9-/t20-,21-,22-,23-. The Morgan fingerprint density at radius 3 is 2.00 bits per heavy atom. The van der Waals surface area contributed by atoms with E-state index in [2.05, 4.69) is 13.5 Å². The van der Waals surface area contributed by atoms with Crippen molar-refractivity contribution in [3.8, 4) is 6.07 Å². The number of nitrogens with zero attached hydrogens (tertiary/aromatic N) is 1. The van der Waals surface area contributed by atoms with E-state index in [1.165, 1.54) is 83.1 Å². The lowest BCUT2D eigenvalue weighted by atomic mass is 9.70. The molecule has 0 unspecified atom stereocenters. The van der Waals surface area contributed by atoms with Gasteiger partial charge in [0.05, 0.1) is 0 Å². The van der Waals surface area contributed by atoms with E-state index in [4.69, 9.17) is 5.26 Å². The molecule has 1 nitrogen and oxygen atoms in total. The molecule has 0 aromatic carbocycles. The van der Waals surface area contributed by atoms with E-state index in [9.17, 15) is 4.39 Å². The Kier molecular flexibility index (Phi) is 9.44. The lowest BCUT2D eigenvalue weighted by Crippen LogP contribution is -2.23. The minimum Gasteiger partial charge on any atom is -0.195 e.